The van der Waals surface area contributed by atoms with E-state index >= 15 is 0 Å². The van der Waals surface area contributed by atoms with Gasteiger partial charge in [-0.15, -0.1) is 24.0 Å². The summed E-state index contributed by atoms with van der Waals surface area (Å²) in [6.07, 6.45) is 0. The molecule has 0 aliphatic rings. The van der Waals surface area contributed by atoms with Gasteiger partial charge in [0.25, 0.3) is 5.91 Å². The minimum Gasteiger partial charge on any atom is -0.383 e. The Bertz CT molecular complexity index is 483. The van der Waals surface area contributed by atoms with Crippen molar-refractivity contribution in [2.24, 2.45) is 4.99 Å². The fourth-order valence-electron chi connectivity index (χ4n) is 1.65. The first kappa shape index (κ1) is 22.1. The number of hydrogen-bond donors (Lipinski definition) is 3. The van der Waals surface area contributed by atoms with Crippen molar-refractivity contribution in [2.45, 2.75) is 6.92 Å². The second kappa shape index (κ2) is 13.6. The zero-order valence-electron chi connectivity index (χ0n) is 13.4. The zero-order valence-corrected chi connectivity index (χ0v) is 17.3. The van der Waals surface area contributed by atoms with E-state index in [9.17, 15) is 4.79 Å². The van der Waals surface area contributed by atoms with Crippen molar-refractivity contribution in [3.05, 3.63) is 34.3 Å². The Kier molecular flexibility index (Phi) is 13.0. The fraction of sp³-hybridized carbons (Fsp3) is 0.467. The van der Waals surface area contributed by atoms with E-state index in [2.05, 4.69) is 36.9 Å². The number of carbonyl (C=O) groups excluding carboxylic acids is 1. The van der Waals surface area contributed by atoms with E-state index < -0.39 is 0 Å². The van der Waals surface area contributed by atoms with E-state index in [1.807, 2.05) is 19.1 Å². The molecule has 8 heteroatoms. The average Bonchev–Trinajstić information content (AvgIpc) is 2.52. The molecule has 1 amide bonds. The summed E-state index contributed by atoms with van der Waals surface area (Å²) in [7, 11) is 1.65. The molecule has 0 radical (unpaired) electrons. The molecule has 0 bridgehead atoms. The minimum atomic E-state index is -0.0874. The molecular formula is C15H24BrIN4O2. The van der Waals surface area contributed by atoms with E-state index in [0.717, 1.165) is 17.0 Å². The maximum absolute atomic E-state index is 11.9. The van der Waals surface area contributed by atoms with Gasteiger partial charge in [-0.1, -0.05) is 15.9 Å². The number of aliphatic imine (C=N–C) groups is 1. The van der Waals surface area contributed by atoms with Gasteiger partial charge in [-0.25, -0.2) is 0 Å². The van der Waals surface area contributed by atoms with Crippen LogP contribution in [-0.2, 0) is 4.74 Å². The average molecular weight is 499 g/mol. The van der Waals surface area contributed by atoms with Crippen LogP contribution in [0.5, 0.6) is 0 Å². The third-order valence-corrected chi connectivity index (χ3v) is 3.25. The summed E-state index contributed by atoms with van der Waals surface area (Å²) in [6, 6.07) is 7.25. The standard InChI is InChI=1S/C15H23BrN4O2.HI/c1-3-17-15(20-10-11-22-2)19-9-8-18-14(21)12-4-6-13(16)7-5-12;/h4-7H,3,8-11H2,1-2H3,(H,18,21)(H2,17,19,20);1H. The highest BCUT2D eigenvalue weighted by atomic mass is 127. The lowest BCUT2D eigenvalue weighted by atomic mass is 10.2. The molecule has 0 aromatic heterocycles. The second-order valence-corrected chi connectivity index (χ2v) is 5.36. The fourth-order valence-corrected chi connectivity index (χ4v) is 1.92. The molecule has 6 nitrogen and oxygen atoms in total. The quantitative estimate of drug-likeness (QED) is 0.222. The highest BCUT2D eigenvalue weighted by Crippen LogP contribution is 2.10. The number of rotatable bonds is 8. The van der Waals surface area contributed by atoms with Crippen molar-refractivity contribution in [3.63, 3.8) is 0 Å². The molecule has 0 aliphatic heterocycles. The van der Waals surface area contributed by atoms with Crippen LogP contribution < -0.4 is 16.0 Å². The predicted molar refractivity (Wildman–Crippen MR) is 108 cm³/mol. The van der Waals surface area contributed by atoms with Gasteiger partial charge >= 0.3 is 0 Å². The molecule has 0 spiro atoms. The molecule has 0 fully saturated rings. The molecular weight excluding hydrogens is 475 g/mol. The summed E-state index contributed by atoms with van der Waals surface area (Å²) in [5.74, 6) is 0.632. The third kappa shape index (κ3) is 9.77. The number of nitrogens with one attached hydrogen (secondary N) is 3. The summed E-state index contributed by atoms with van der Waals surface area (Å²) in [5, 5.41) is 9.15. The zero-order chi connectivity index (χ0) is 16.2. The van der Waals surface area contributed by atoms with Gasteiger partial charge in [-0.2, -0.15) is 0 Å². The number of hydrogen-bond acceptors (Lipinski definition) is 3. The Hall–Kier alpha value is -0.870. The smallest absolute Gasteiger partial charge is 0.251 e. The molecule has 0 unspecified atom stereocenters. The van der Waals surface area contributed by atoms with Gasteiger partial charge in [-0.3, -0.25) is 9.79 Å². The number of benzene rings is 1. The number of ether oxygens (including phenoxy) is 1. The van der Waals surface area contributed by atoms with Crippen molar-refractivity contribution >= 4 is 51.8 Å². The minimum absolute atomic E-state index is 0. The Morgan fingerprint density at radius 1 is 1.17 bits per heavy atom. The summed E-state index contributed by atoms with van der Waals surface area (Å²) in [6.45, 7) is 5.07. The van der Waals surface area contributed by atoms with Crippen LogP contribution in [0.2, 0.25) is 0 Å². The molecule has 0 heterocycles. The molecule has 0 aliphatic carbocycles. The highest BCUT2D eigenvalue weighted by molar-refractivity contribution is 14.0. The van der Waals surface area contributed by atoms with Crippen LogP contribution in [0.3, 0.4) is 0 Å². The van der Waals surface area contributed by atoms with Gasteiger partial charge in [0, 0.05) is 36.8 Å². The molecule has 0 saturated heterocycles. The lowest BCUT2D eigenvalue weighted by molar-refractivity contribution is 0.0954. The van der Waals surface area contributed by atoms with Crippen molar-refractivity contribution in [1.82, 2.24) is 16.0 Å². The number of halogens is 2. The number of carbonyl (C=O) groups is 1. The predicted octanol–water partition coefficient (Wildman–Crippen LogP) is 2.00. The molecule has 3 N–H and O–H groups in total. The topological polar surface area (TPSA) is 74.8 Å². The maximum atomic E-state index is 11.9. The first-order valence-corrected chi connectivity index (χ1v) is 8.01. The van der Waals surface area contributed by atoms with Crippen molar-refractivity contribution < 1.29 is 9.53 Å². The molecule has 1 rings (SSSR count). The van der Waals surface area contributed by atoms with Gasteiger partial charge < -0.3 is 20.7 Å². The van der Waals surface area contributed by atoms with E-state index in [1.165, 1.54) is 0 Å². The van der Waals surface area contributed by atoms with Crippen molar-refractivity contribution in [1.29, 1.82) is 0 Å². The molecule has 130 valence electrons. The van der Waals surface area contributed by atoms with Gasteiger partial charge in [0.1, 0.15) is 0 Å². The second-order valence-electron chi connectivity index (χ2n) is 4.44. The summed E-state index contributed by atoms with van der Waals surface area (Å²) in [5.41, 5.74) is 0.642. The lowest BCUT2D eigenvalue weighted by Crippen LogP contribution is -2.41. The Morgan fingerprint density at radius 3 is 2.43 bits per heavy atom. The van der Waals surface area contributed by atoms with Crippen LogP contribution >= 0.6 is 39.9 Å². The van der Waals surface area contributed by atoms with Crippen LogP contribution in [0.1, 0.15) is 17.3 Å². The lowest BCUT2D eigenvalue weighted by Gasteiger charge is -2.11. The SMILES string of the molecule is CCNC(=NCCOC)NCCNC(=O)c1ccc(Br)cc1.I. The van der Waals surface area contributed by atoms with Gasteiger partial charge in [0.15, 0.2) is 5.96 Å². The molecule has 0 atom stereocenters. The first-order valence-electron chi connectivity index (χ1n) is 7.22. The Labute approximate surface area is 163 Å². The van der Waals surface area contributed by atoms with Crippen LogP contribution in [-0.4, -0.2) is 51.8 Å². The number of nitrogens with zero attached hydrogens (tertiary/aromatic N) is 1. The molecule has 23 heavy (non-hydrogen) atoms. The first-order chi connectivity index (χ1) is 10.7. The highest BCUT2D eigenvalue weighted by Gasteiger charge is 2.04. The summed E-state index contributed by atoms with van der Waals surface area (Å²) < 4.78 is 5.91. The number of guanidine groups is 1. The van der Waals surface area contributed by atoms with Gasteiger partial charge in [-0.05, 0) is 31.2 Å². The van der Waals surface area contributed by atoms with E-state index in [1.54, 1.807) is 19.2 Å². The summed E-state index contributed by atoms with van der Waals surface area (Å²) >= 11 is 3.34. The monoisotopic (exact) mass is 498 g/mol. The van der Waals surface area contributed by atoms with Crippen LogP contribution in [0.4, 0.5) is 0 Å². The van der Waals surface area contributed by atoms with E-state index in [0.29, 0.717) is 31.8 Å². The van der Waals surface area contributed by atoms with Crippen LogP contribution in [0.15, 0.2) is 33.7 Å². The number of amides is 1. The summed E-state index contributed by atoms with van der Waals surface area (Å²) in [4.78, 5) is 16.3. The van der Waals surface area contributed by atoms with Crippen molar-refractivity contribution in [3.8, 4) is 0 Å². The van der Waals surface area contributed by atoms with E-state index in [4.69, 9.17) is 4.74 Å². The van der Waals surface area contributed by atoms with E-state index in [-0.39, 0.29) is 29.9 Å². The normalized spacial score (nSPS) is 10.7. The van der Waals surface area contributed by atoms with Gasteiger partial charge in [0.2, 0.25) is 0 Å². The molecule has 1 aromatic carbocycles. The molecule has 0 saturated carbocycles. The number of methoxy groups -OCH3 is 1. The maximum Gasteiger partial charge on any atom is 0.251 e. The largest absolute Gasteiger partial charge is 0.383 e. The Balaban J connectivity index is 0.00000484. The third-order valence-electron chi connectivity index (χ3n) is 2.72. The molecule has 1 aromatic rings. The van der Waals surface area contributed by atoms with Crippen molar-refractivity contribution in [2.75, 3.05) is 39.9 Å². The van der Waals surface area contributed by atoms with Gasteiger partial charge in [0.05, 0.1) is 13.2 Å². The van der Waals surface area contributed by atoms with Crippen LogP contribution in [0, 0.1) is 0 Å². The van der Waals surface area contributed by atoms with Crippen LogP contribution in [0.25, 0.3) is 0 Å². The Morgan fingerprint density at radius 2 is 1.83 bits per heavy atom.